The van der Waals surface area contributed by atoms with Crippen LogP contribution in [0.4, 0.5) is 5.69 Å². The van der Waals surface area contributed by atoms with Crippen LogP contribution in [-0.4, -0.2) is 20.3 Å². The van der Waals surface area contributed by atoms with Crippen molar-refractivity contribution in [3.63, 3.8) is 0 Å². The highest BCUT2D eigenvalue weighted by Crippen LogP contribution is 2.22. The van der Waals surface area contributed by atoms with Gasteiger partial charge in [-0.05, 0) is 37.3 Å². The Morgan fingerprint density at radius 3 is 2.58 bits per heavy atom. The van der Waals surface area contributed by atoms with E-state index in [0.717, 1.165) is 17.0 Å². The third kappa shape index (κ3) is 3.17. The lowest BCUT2D eigenvalue weighted by molar-refractivity contribution is 0.102. The molecule has 0 aliphatic rings. The summed E-state index contributed by atoms with van der Waals surface area (Å²) < 4.78 is 1.88. The Balaban J connectivity index is 1.56. The molecule has 2 aromatic carbocycles. The van der Waals surface area contributed by atoms with Gasteiger partial charge >= 0.3 is 0 Å². The molecule has 0 atom stereocenters. The Morgan fingerprint density at radius 2 is 1.81 bits per heavy atom. The zero-order chi connectivity index (χ0) is 18.1. The molecular weight excluding hydrogens is 348 g/mol. The molecule has 2 heterocycles. The number of rotatable bonds is 3. The minimum absolute atomic E-state index is 0.240. The molecule has 0 saturated carbocycles. The Kier molecular flexibility index (Phi) is 4.14. The number of hydrogen-bond donors (Lipinski definition) is 1. The smallest absolute Gasteiger partial charge is 0.257 e. The maximum absolute atomic E-state index is 12.3. The van der Waals surface area contributed by atoms with Gasteiger partial charge in [-0.3, -0.25) is 9.20 Å². The van der Waals surface area contributed by atoms with Gasteiger partial charge in [-0.25, -0.2) is 9.97 Å². The number of hydrogen-bond acceptors (Lipinski definition) is 3. The second-order valence-corrected chi connectivity index (χ2v) is 6.32. The van der Waals surface area contributed by atoms with E-state index in [0.29, 0.717) is 22.1 Å². The molecule has 0 fully saturated rings. The van der Waals surface area contributed by atoms with Gasteiger partial charge in [0.25, 0.3) is 5.91 Å². The van der Waals surface area contributed by atoms with Crippen molar-refractivity contribution in [2.45, 2.75) is 6.92 Å². The Morgan fingerprint density at radius 1 is 1.04 bits per heavy atom. The van der Waals surface area contributed by atoms with Crippen LogP contribution >= 0.6 is 11.6 Å². The molecule has 4 aromatic rings. The number of nitrogens with one attached hydrogen (secondary N) is 1. The number of imidazole rings is 1. The number of nitrogens with zero attached hydrogens (tertiary/aromatic N) is 3. The first kappa shape index (κ1) is 16.3. The average molecular weight is 363 g/mol. The second kappa shape index (κ2) is 6.61. The second-order valence-electron chi connectivity index (χ2n) is 5.91. The fourth-order valence-electron chi connectivity index (χ4n) is 2.67. The van der Waals surface area contributed by atoms with E-state index in [2.05, 4.69) is 15.3 Å². The largest absolute Gasteiger partial charge is 0.322 e. The minimum Gasteiger partial charge on any atom is -0.322 e. The van der Waals surface area contributed by atoms with Crippen molar-refractivity contribution >= 4 is 29.0 Å². The lowest BCUT2D eigenvalue weighted by atomic mass is 10.1. The zero-order valence-electron chi connectivity index (χ0n) is 14.0. The summed E-state index contributed by atoms with van der Waals surface area (Å²) >= 11 is 6.06. The summed E-state index contributed by atoms with van der Waals surface area (Å²) in [6, 6.07) is 16.4. The van der Waals surface area contributed by atoms with Crippen molar-refractivity contribution in [2.75, 3.05) is 5.32 Å². The number of benzene rings is 2. The Bertz CT molecular complexity index is 1100. The van der Waals surface area contributed by atoms with E-state index in [1.54, 1.807) is 24.3 Å². The summed E-state index contributed by atoms with van der Waals surface area (Å²) in [4.78, 5) is 21.3. The van der Waals surface area contributed by atoms with E-state index in [9.17, 15) is 4.79 Å². The van der Waals surface area contributed by atoms with E-state index < -0.39 is 0 Å². The molecular formula is C20H15ClN4O. The predicted octanol–water partition coefficient (Wildman–Crippen LogP) is 4.61. The van der Waals surface area contributed by atoms with Gasteiger partial charge in [-0.15, -0.1) is 0 Å². The third-order valence-corrected chi connectivity index (χ3v) is 4.35. The van der Waals surface area contributed by atoms with Crippen molar-refractivity contribution in [3.05, 3.63) is 83.3 Å². The van der Waals surface area contributed by atoms with Crippen molar-refractivity contribution in [1.82, 2.24) is 14.4 Å². The van der Waals surface area contributed by atoms with Crippen molar-refractivity contribution in [3.8, 4) is 11.3 Å². The van der Waals surface area contributed by atoms with Gasteiger partial charge in [0, 0.05) is 29.3 Å². The molecule has 0 saturated heterocycles. The molecule has 128 valence electrons. The molecule has 4 rings (SSSR count). The van der Waals surface area contributed by atoms with Crippen LogP contribution in [0.15, 0.2) is 67.0 Å². The first-order valence-corrected chi connectivity index (χ1v) is 8.46. The van der Waals surface area contributed by atoms with Crippen LogP contribution in [0.5, 0.6) is 0 Å². The highest BCUT2D eigenvalue weighted by atomic mass is 35.5. The van der Waals surface area contributed by atoms with Crippen molar-refractivity contribution in [2.24, 2.45) is 0 Å². The summed E-state index contributed by atoms with van der Waals surface area (Å²) in [5.74, 6) is 0.423. The van der Waals surface area contributed by atoms with Gasteiger partial charge in [0.1, 0.15) is 0 Å². The van der Waals surface area contributed by atoms with E-state index in [-0.39, 0.29) is 5.91 Å². The minimum atomic E-state index is -0.240. The molecule has 6 heteroatoms. The number of halogens is 1. The molecule has 26 heavy (non-hydrogen) atoms. The Hall–Kier alpha value is -3.18. The van der Waals surface area contributed by atoms with Gasteiger partial charge in [-0.1, -0.05) is 35.9 Å². The number of carbonyl (C=O) groups excluding carboxylic acids is 1. The van der Waals surface area contributed by atoms with E-state index in [1.807, 2.05) is 54.0 Å². The predicted molar refractivity (Wildman–Crippen MR) is 103 cm³/mol. The van der Waals surface area contributed by atoms with Crippen LogP contribution in [0, 0.1) is 6.92 Å². The summed E-state index contributed by atoms with van der Waals surface area (Å²) in [7, 11) is 0. The number of aromatic nitrogens is 3. The highest BCUT2D eigenvalue weighted by Gasteiger charge is 2.10. The van der Waals surface area contributed by atoms with Crippen LogP contribution in [0.3, 0.4) is 0 Å². The SMILES string of the molecule is Cc1ccn2cc(-c3ccc(NC(=O)c4ccccc4Cl)cc3)nc2n1. The topological polar surface area (TPSA) is 59.3 Å². The normalized spacial score (nSPS) is 10.8. The molecule has 0 radical (unpaired) electrons. The molecule has 5 nitrogen and oxygen atoms in total. The molecule has 0 unspecified atom stereocenters. The van der Waals surface area contributed by atoms with Gasteiger partial charge in [0.05, 0.1) is 16.3 Å². The van der Waals surface area contributed by atoms with Crippen molar-refractivity contribution in [1.29, 1.82) is 0 Å². The molecule has 2 aromatic heterocycles. The van der Waals surface area contributed by atoms with Crippen LogP contribution < -0.4 is 5.32 Å². The molecule has 1 amide bonds. The standard InChI is InChI=1S/C20H15ClN4O/c1-13-10-11-25-12-18(24-20(25)22-13)14-6-8-15(9-7-14)23-19(26)16-4-2-3-5-17(16)21/h2-12H,1H3,(H,23,26). The van der Waals surface area contributed by atoms with Crippen molar-refractivity contribution < 1.29 is 4.79 Å². The van der Waals surface area contributed by atoms with Gasteiger partial charge in [0.2, 0.25) is 5.78 Å². The number of aryl methyl sites for hydroxylation is 1. The number of amides is 1. The quantitative estimate of drug-likeness (QED) is 0.579. The first-order valence-electron chi connectivity index (χ1n) is 8.09. The fraction of sp³-hybridized carbons (Fsp3) is 0.0500. The molecule has 1 N–H and O–H groups in total. The molecule has 0 spiro atoms. The van der Waals surface area contributed by atoms with E-state index in [1.165, 1.54) is 0 Å². The summed E-state index contributed by atoms with van der Waals surface area (Å²) in [6.07, 6.45) is 3.87. The third-order valence-electron chi connectivity index (χ3n) is 4.02. The number of fused-ring (bicyclic) bond motifs is 1. The van der Waals surface area contributed by atoms with Crippen LogP contribution in [-0.2, 0) is 0 Å². The van der Waals surface area contributed by atoms with E-state index in [4.69, 9.17) is 11.6 Å². The zero-order valence-corrected chi connectivity index (χ0v) is 14.7. The van der Waals surface area contributed by atoms with Crippen LogP contribution in [0.1, 0.15) is 16.1 Å². The molecule has 0 bridgehead atoms. The average Bonchev–Trinajstić information content (AvgIpc) is 3.05. The highest BCUT2D eigenvalue weighted by molar-refractivity contribution is 6.34. The molecule has 0 aliphatic heterocycles. The fourth-order valence-corrected chi connectivity index (χ4v) is 2.89. The van der Waals surface area contributed by atoms with Gasteiger partial charge < -0.3 is 5.32 Å². The maximum Gasteiger partial charge on any atom is 0.257 e. The number of anilines is 1. The monoisotopic (exact) mass is 362 g/mol. The van der Waals surface area contributed by atoms with Crippen LogP contribution in [0.2, 0.25) is 5.02 Å². The van der Waals surface area contributed by atoms with Gasteiger partial charge in [-0.2, -0.15) is 0 Å². The van der Waals surface area contributed by atoms with Gasteiger partial charge in [0.15, 0.2) is 0 Å². The lowest BCUT2D eigenvalue weighted by Gasteiger charge is -2.07. The maximum atomic E-state index is 12.3. The van der Waals surface area contributed by atoms with E-state index >= 15 is 0 Å². The first-order chi connectivity index (χ1) is 12.6. The number of carbonyl (C=O) groups is 1. The van der Waals surface area contributed by atoms with Crippen LogP contribution in [0.25, 0.3) is 17.0 Å². The summed E-state index contributed by atoms with van der Waals surface area (Å²) in [5, 5.41) is 3.28. The molecule has 0 aliphatic carbocycles. The summed E-state index contributed by atoms with van der Waals surface area (Å²) in [6.45, 7) is 1.94. The Labute approximate surface area is 155 Å². The lowest BCUT2D eigenvalue weighted by Crippen LogP contribution is -2.12. The summed E-state index contributed by atoms with van der Waals surface area (Å²) in [5.41, 5.74) is 3.83.